The molecule has 4 rings (SSSR count). The fourth-order valence-corrected chi connectivity index (χ4v) is 7.82. The van der Waals surface area contributed by atoms with E-state index < -0.39 is 44.5 Å². The first kappa shape index (κ1) is 31.1. The quantitative estimate of drug-likeness (QED) is 0.192. The van der Waals surface area contributed by atoms with Crippen LogP contribution in [0.3, 0.4) is 0 Å². The minimum Gasteiger partial charge on any atom is -0.478 e. The van der Waals surface area contributed by atoms with Crippen molar-refractivity contribution in [1.29, 1.82) is 5.41 Å². The maximum atomic E-state index is 14.6. The Balaban J connectivity index is 1.82. The van der Waals surface area contributed by atoms with Crippen LogP contribution in [0.2, 0.25) is 0 Å². The topological polar surface area (TPSA) is 188 Å². The van der Waals surface area contributed by atoms with E-state index in [1.807, 2.05) is 6.07 Å². The minimum atomic E-state index is -4.36. The van der Waals surface area contributed by atoms with Crippen LogP contribution in [0.4, 0.5) is 4.79 Å². The van der Waals surface area contributed by atoms with Crippen molar-refractivity contribution in [2.24, 2.45) is 17.4 Å². The highest BCUT2D eigenvalue weighted by Gasteiger charge is 2.56. The summed E-state index contributed by atoms with van der Waals surface area (Å²) in [4.78, 5) is 40.6. The van der Waals surface area contributed by atoms with Crippen LogP contribution in [0.25, 0.3) is 0 Å². The molecule has 226 valence electrons. The van der Waals surface area contributed by atoms with Gasteiger partial charge in [-0.05, 0) is 55.5 Å². The fraction of sp³-hybridized carbons (Fsp3) is 0.448. The van der Waals surface area contributed by atoms with Crippen molar-refractivity contribution in [3.63, 3.8) is 0 Å². The molecule has 0 spiro atoms. The Bertz CT molecular complexity index is 1430. The molecular formula is C29H39N6O6S+. The summed E-state index contributed by atoms with van der Waals surface area (Å²) in [5.41, 5.74) is 12.2. The number of nitrogens with two attached hydrogens (primary N) is 2. The van der Waals surface area contributed by atoms with Gasteiger partial charge in [-0.3, -0.25) is 5.41 Å². The second kappa shape index (κ2) is 12.6. The molecule has 42 heavy (non-hydrogen) atoms. The number of amides is 3. The molecule has 1 unspecified atom stereocenters. The number of aromatic carboxylic acids is 1. The molecule has 2 aromatic carbocycles. The molecule has 12 nitrogen and oxygen atoms in total. The number of nitrogens with zero attached hydrogens (tertiary/aromatic N) is 3. The Morgan fingerprint density at radius 2 is 1.67 bits per heavy atom. The van der Waals surface area contributed by atoms with E-state index in [0.717, 1.165) is 5.56 Å². The van der Waals surface area contributed by atoms with E-state index in [4.69, 9.17) is 16.9 Å². The van der Waals surface area contributed by atoms with Crippen LogP contribution in [0, 0.1) is 11.3 Å². The Hall–Kier alpha value is -3.81. The van der Waals surface area contributed by atoms with Gasteiger partial charge in [0, 0.05) is 38.9 Å². The van der Waals surface area contributed by atoms with Gasteiger partial charge in [-0.1, -0.05) is 30.3 Å². The number of quaternary nitrogens is 1. The third-order valence-electron chi connectivity index (χ3n) is 8.68. The monoisotopic (exact) mass is 599 g/mol. The van der Waals surface area contributed by atoms with Crippen molar-refractivity contribution in [3.05, 3.63) is 65.7 Å². The first-order chi connectivity index (χ1) is 19.9. The zero-order chi connectivity index (χ0) is 30.7. The summed E-state index contributed by atoms with van der Waals surface area (Å²) in [5.74, 6) is -1.97. The highest BCUT2D eigenvalue weighted by atomic mass is 32.2. The molecule has 0 aliphatic carbocycles. The molecule has 13 heteroatoms. The van der Waals surface area contributed by atoms with Gasteiger partial charge < -0.3 is 21.5 Å². The van der Waals surface area contributed by atoms with Crippen molar-refractivity contribution >= 4 is 33.9 Å². The van der Waals surface area contributed by atoms with E-state index in [1.54, 1.807) is 36.1 Å². The summed E-state index contributed by atoms with van der Waals surface area (Å²) >= 11 is 0. The summed E-state index contributed by atoms with van der Waals surface area (Å²) in [5, 5.41) is 17.1. The van der Waals surface area contributed by atoms with E-state index >= 15 is 0 Å². The van der Waals surface area contributed by atoms with Gasteiger partial charge in [0.15, 0.2) is 5.96 Å². The number of carboxylic acids is 1. The number of hydrogen-bond donors (Lipinski definition) is 4. The van der Waals surface area contributed by atoms with Crippen LogP contribution < -0.4 is 11.5 Å². The molecule has 0 aromatic heterocycles. The molecule has 0 saturated carbocycles. The van der Waals surface area contributed by atoms with Gasteiger partial charge in [-0.2, -0.15) is 8.79 Å². The van der Waals surface area contributed by atoms with Crippen molar-refractivity contribution in [1.82, 2.24) is 9.21 Å². The number of imide groups is 1. The molecule has 2 aromatic rings. The summed E-state index contributed by atoms with van der Waals surface area (Å²) in [6.07, 6.45) is 2.31. The van der Waals surface area contributed by atoms with E-state index in [0.29, 0.717) is 38.8 Å². The number of urea groups is 1. The number of carbonyl (C=O) groups is 3. The average Bonchev–Trinajstić information content (AvgIpc) is 3.37. The van der Waals surface area contributed by atoms with Crippen LogP contribution in [-0.4, -0.2) is 89.3 Å². The Labute approximate surface area is 246 Å². The van der Waals surface area contributed by atoms with Crippen molar-refractivity contribution in [3.8, 4) is 0 Å². The summed E-state index contributed by atoms with van der Waals surface area (Å²) in [6.45, 7) is 2.91. The lowest BCUT2D eigenvalue weighted by atomic mass is 9.95. The molecule has 2 aliphatic heterocycles. The second-order valence-electron chi connectivity index (χ2n) is 11.2. The molecule has 6 N–H and O–H groups in total. The third-order valence-corrected chi connectivity index (χ3v) is 10.6. The van der Waals surface area contributed by atoms with E-state index in [9.17, 15) is 27.9 Å². The molecule has 0 radical (unpaired) electrons. The van der Waals surface area contributed by atoms with Gasteiger partial charge in [0.2, 0.25) is 10.0 Å². The number of carbonyl (C=O) groups excluding carboxylic acids is 2. The summed E-state index contributed by atoms with van der Waals surface area (Å²) < 4.78 is 29.4. The summed E-state index contributed by atoms with van der Waals surface area (Å²) in [7, 11) is -4.36. The molecule has 2 heterocycles. The lowest BCUT2D eigenvalue weighted by molar-refractivity contribution is -0.784. The first-order valence-electron chi connectivity index (χ1n) is 14.1. The zero-order valence-electron chi connectivity index (χ0n) is 23.7. The van der Waals surface area contributed by atoms with Gasteiger partial charge in [-0.15, -0.1) is 0 Å². The summed E-state index contributed by atoms with van der Waals surface area (Å²) in [6, 6.07) is 11.4. The third kappa shape index (κ3) is 6.18. The van der Waals surface area contributed by atoms with Gasteiger partial charge in [-0.25, -0.2) is 22.8 Å². The molecule has 0 bridgehead atoms. The van der Waals surface area contributed by atoms with Crippen LogP contribution in [0.5, 0.6) is 0 Å². The largest absolute Gasteiger partial charge is 0.478 e. The molecule has 3 atom stereocenters. The van der Waals surface area contributed by atoms with Crippen molar-refractivity contribution in [2.45, 2.75) is 56.0 Å². The number of rotatable bonds is 9. The van der Waals surface area contributed by atoms with Crippen LogP contribution in [-0.2, 0) is 21.2 Å². The maximum absolute atomic E-state index is 14.6. The number of benzene rings is 2. The normalized spacial score (nSPS) is 22.1. The first-order valence-corrected chi connectivity index (χ1v) is 15.5. The van der Waals surface area contributed by atoms with E-state index in [2.05, 4.69) is 0 Å². The highest BCUT2D eigenvalue weighted by molar-refractivity contribution is 7.89. The maximum Gasteiger partial charge on any atom is 0.421 e. The molecular weight excluding hydrogens is 560 g/mol. The van der Waals surface area contributed by atoms with Gasteiger partial charge in [0.1, 0.15) is 12.1 Å². The number of nitrogens with one attached hydrogen (secondary N) is 1. The number of likely N-dealkylation sites (tertiary alicyclic amines) is 2. The minimum absolute atomic E-state index is 0.00879. The second-order valence-corrected chi connectivity index (χ2v) is 13.1. The lowest BCUT2D eigenvalue weighted by Crippen LogP contribution is -2.67. The smallest absolute Gasteiger partial charge is 0.421 e. The highest BCUT2D eigenvalue weighted by Crippen LogP contribution is 2.33. The van der Waals surface area contributed by atoms with Crippen LogP contribution in [0.15, 0.2) is 59.5 Å². The van der Waals surface area contributed by atoms with E-state index in [1.165, 1.54) is 28.6 Å². The Kier molecular flexibility index (Phi) is 9.34. The predicted octanol–water partition coefficient (Wildman–Crippen LogP) is 2.20. The average molecular weight is 600 g/mol. The fourth-order valence-electron chi connectivity index (χ4n) is 6.16. The van der Waals surface area contributed by atoms with Gasteiger partial charge in [0.05, 0.1) is 17.0 Å². The van der Waals surface area contributed by atoms with Crippen LogP contribution >= 0.6 is 0 Å². The Morgan fingerprint density at radius 1 is 1.05 bits per heavy atom. The Morgan fingerprint density at radius 3 is 2.17 bits per heavy atom. The van der Waals surface area contributed by atoms with Crippen molar-refractivity contribution < 1.29 is 32.4 Å². The van der Waals surface area contributed by atoms with E-state index in [-0.39, 0.29) is 41.8 Å². The molecule has 3 amide bonds. The standard InChI is InChI=1S/C29H38N6O6S/c1-20-6-5-17-35(20,29(32)39)26(36)25(18-21-7-3-2-4-8-21)34(19-22-13-15-33(16-14-22)28(30)31)42(40,41)24-11-9-23(10-12-24)27(37)38/h2-4,7-12,20,22,25H,5-6,13-19H2,1H3,(H5-,30,31,32,37,38,39)/p+1/t20-,25-,35?/m1/s1. The lowest BCUT2D eigenvalue weighted by Gasteiger charge is -2.40. The zero-order valence-corrected chi connectivity index (χ0v) is 24.5. The van der Waals surface area contributed by atoms with Gasteiger partial charge >= 0.3 is 17.9 Å². The number of primary amides is 1. The SMILES string of the molecule is C[C@@H]1CCC[N+]1(C(N)=O)C(=O)[C@@H](Cc1ccccc1)N(CC1CCN(C(=N)N)CC1)S(=O)(=O)c1ccc(C(=O)O)cc1. The predicted molar refractivity (Wildman–Crippen MR) is 156 cm³/mol. The number of piperidine rings is 1. The van der Waals surface area contributed by atoms with Crippen molar-refractivity contribution in [2.75, 3.05) is 26.2 Å². The number of hydrogen-bond acceptors (Lipinski definition) is 6. The number of sulfonamides is 1. The number of guanidine groups is 1. The number of carboxylic acid groups (broad SMARTS) is 1. The van der Waals surface area contributed by atoms with Crippen LogP contribution in [0.1, 0.15) is 48.5 Å². The molecule has 2 fully saturated rings. The van der Waals surface area contributed by atoms with Gasteiger partial charge in [0.25, 0.3) is 0 Å². The molecule has 2 aliphatic rings. The molecule has 2 saturated heterocycles.